The molecule has 0 N–H and O–H groups in total. The lowest BCUT2D eigenvalue weighted by atomic mass is 10.1. The van der Waals surface area contributed by atoms with Gasteiger partial charge in [0.1, 0.15) is 11.2 Å². The van der Waals surface area contributed by atoms with Gasteiger partial charge in [0, 0.05) is 42.8 Å². The third-order valence-electron chi connectivity index (χ3n) is 3.48. The Morgan fingerprint density at radius 3 is 2.67 bits per heavy atom. The Morgan fingerprint density at radius 1 is 1.38 bits per heavy atom. The third kappa shape index (κ3) is 4.52. The minimum Gasteiger partial charge on any atom is -0.294 e. The van der Waals surface area contributed by atoms with Gasteiger partial charge in [-0.15, -0.1) is 0 Å². The van der Waals surface area contributed by atoms with Gasteiger partial charge in [0.25, 0.3) is 0 Å². The number of halogens is 1. The molecular formula is C14H18FNO3S2. The number of carbonyl (C=O) groups is 1. The molecule has 1 aromatic carbocycles. The normalized spacial score (nSPS) is 20.4. The lowest BCUT2D eigenvalue weighted by Crippen LogP contribution is -2.47. The van der Waals surface area contributed by atoms with Gasteiger partial charge >= 0.3 is 0 Å². The van der Waals surface area contributed by atoms with Crippen LogP contribution in [-0.2, 0) is 9.84 Å². The van der Waals surface area contributed by atoms with Crippen LogP contribution in [-0.4, -0.2) is 55.3 Å². The summed E-state index contributed by atoms with van der Waals surface area (Å²) in [6.07, 6.45) is 1.47. The highest BCUT2D eigenvalue weighted by molar-refractivity contribution is 8.00. The Balaban J connectivity index is 1.97. The molecule has 2 rings (SSSR count). The number of sulfone groups is 1. The fourth-order valence-electron chi connectivity index (χ4n) is 2.29. The maximum absolute atomic E-state index is 12.8. The number of rotatable bonds is 5. The average molecular weight is 331 g/mol. The SMILES string of the molecule is CS(=O)(=O)C1CSCCN1CCC(=O)c1ccc(F)cc1. The van der Waals surface area contributed by atoms with Crippen LogP contribution >= 0.6 is 11.8 Å². The Bertz CT molecular complexity index is 601. The van der Waals surface area contributed by atoms with Crippen LogP contribution in [0.4, 0.5) is 4.39 Å². The van der Waals surface area contributed by atoms with E-state index in [9.17, 15) is 17.6 Å². The lowest BCUT2D eigenvalue weighted by molar-refractivity contribution is 0.0963. The molecule has 1 fully saturated rings. The monoisotopic (exact) mass is 331 g/mol. The summed E-state index contributed by atoms with van der Waals surface area (Å²) in [4.78, 5) is 13.9. The van der Waals surface area contributed by atoms with Crippen LogP contribution in [0.2, 0.25) is 0 Å². The Hall–Kier alpha value is -0.920. The highest BCUT2D eigenvalue weighted by Crippen LogP contribution is 2.20. The van der Waals surface area contributed by atoms with Gasteiger partial charge in [0.2, 0.25) is 0 Å². The topological polar surface area (TPSA) is 54.5 Å². The average Bonchev–Trinajstić information content (AvgIpc) is 2.45. The molecule has 1 aliphatic rings. The number of thioether (sulfide) groups is 1. The molecule has 4 nitrogen and oxygen atoms in total. The molecule has 1 aromatic rings. The maximum Gasteiger partial charge on any atom is 0.164 e. The first-order valence-corrected chi connectivity index (χ1v) is 9.78. The van der Waals surface area contributed by atoms with Crippen LogP contribution in [0.3, 0.4) is 0 Å². The van der Waals surface area contributed by atoms with E-state index < -0.39 is 15.2 Å². The molecule has 1 unspecified atom stereocenters. The molecule has 21 heavy (non-hydrogen) atoms. The molecular weight excluding hydrogens is 313 g/mol. The van der Waals surface area contributed by atoms with Crippen molar-refractivity contribution in [3.05, 3.63) is 35.6 Å². The van der Waals surface area contributed by atoms with E-state index >= 15 is 0 Å². The zero-order valence-corrected chi connectivity index (χ0v) is 13.4. The van der Waals surface area contributed by atoms with Crippen molar-refractivity contribution in [3.8, 4) is 0 Å². The summed E-state index contributed by atoms with van der Waals surface area (Å²) in [6.45, 7) is 1.08. The van der Waals surface area contributed by atoms with E-state index in [0.717, 1.165) is 5.75 Å². The molecule has 0 bridgehead atoms. The van der Waals surface area contributed by atoms with Crippen molar-refractivity contribution in [2.75, 3.05) is 30.9 Å². The molecule has 0 spiro atoms. The predicted octanol–water partition coefficient (Wildman–Crippen LogP) is 1.82. The van der Waals surface area contributed by atoms with E-state index in [1.165, 1.54) is 30.5 Å². The van der Waals surface area contributed by atoms with E-state index in [2.05, 4.69) is 0 Å². The summed E-state index contributed by atoms with van der Waals surface area (Å²) in [5, 5.41) is -0.516. The first-order valence-electron chi connectivity index (χ1n) is 6.67. The van der Waals surface area contributed by atoms with E-state index in [1.807, 2.05) is 4.90 Å². The zero-order valence-electron chi connectivity index (χ0n) is 11.8. The number of nitrogens with zero attached hydrogens (tertiary/aromatic N) is 1. The second kappa shape index (κ2) is 6.89. The summed E-state index contributed by atoms with van der Waals surface area (Å²) in [7, 11) is -3.15. The van der Waals surface area contributed by atoms with E-state index in [-0.39, 0.29) is 18.0 Å². The summed E-state index contributed by atoms with van der Waals surface area (Å²) in [5.74, 6) is 0.942. The van der Waals surface area contributed by atoms with Gasteiger partial charge in [-0.2, -0.15) is 11.8 Å². The fraction of sp³-hybridized carbons (Fsp3) is 0.500. The molecule has 0 amide bonds. The third-order valence-corrected chi connectivity index (χ3v) is 6.16. The van der Waals surface area contributed by atoms with E-state index in [4.69, 9.17) is 0 Å². The van der Waals surface area contributed by atoms with Gasteiger partial charge in [0.15, 0.2) is 15.6 Å². The fourth-order valence-corrected chi connectivity index (χ4v) is 5.26. The molecule has 0 radical (unpaired) electrons. The van der Waals surface area contributed by atoms with Crippen molar-refractivity contribution in [3.63, 3.8) is 0 Å². The summed E-state index contributed by atoms with van der Waals surface area (Å²) in [6, 6.07) is 5.42. The Kier molecular flexibility index (Phi) is 5.40. The van der Waals surface area contributed by atoms with Crippen LogP contribution < -0.4 is 0 Å². The quantitative estimate of drug-likeness (QED) is 0.771. The minimum atomic E-state index is -3.15. The van der Waals surface area contributed by atoms with Crippen LogP contribution in [0, 0.1) is 5.82 Å². The largest absolute Gasteiger partial charge is 0.294 e. The molecule has 0 aliphatic carbocycles. The van der Waals surface area contributed by atoms with Gasteiger partial charge in [-0.3, -0.25) is 9.69 Å². The standard InChI is InChI=1S/C14H18FNO3S2/c1-21(18,19)14-10-20-9-8-16(14)7-6-13(17)11-2-4-12(15)5-3-11/h2-5,14H,6-10H2,1H3. The maximum atomic E-state index is 12.8. The van der Waals surface area contributed by atoms with Crippen molar-refractivity contribution in [2.24, 2.45) is 0 Å². The highest BCUT2D eigenvalue weighted by Gasteiger charge is 2.30. The Labute approximate surface area is 128 Å². The molecule has 1 heterocycles. The first-order chi connectivity index (χ1) is 9.88. The number of hydrogen-bond acceptors (Lipinski definition) is 5. The molecule has 7 heteroatoms. The van der Waals surface area contributed by atoms with Gasteiger partial charge in [-0.25, -0.2) is 12.8 Å². The smallest absolute Gasteiger partial charge is 0.164 e. The highest BCUT2D eigenvalue weighted by atomic mass is 32.2. The minimum absolute atomic E-state index is 0.0968. The Morgan fingerprint density at radius 2 is 2.05 bits per heavy atom. The molecule has 0 aromatic heterocycles. The summed E-state index contributed by atoms with van der Waals surface area (Å²) < 4.78 is 36.4. The molecule has 1 aliphatic heterocycles. The first kappa shape index (κ1) is 16.5. The van der Waals surface area contributed by atoms with Crippen molar-refractivity contribution < 1.29 is 17.6 Å². The van der Waals surface area contributed by atoms with E-state index in [1.54, 1.807) is 11.8 Å². The molecule has 1 saturated heterocycles. The van der Waals surface area contributed by atoms with Crippen molar-refractivity contribution in [2.45, 2.75) is 11.8 Å². The van der Waals surface area contributed by atoms with Crippen molar-refractivity contribution in [1.82, 2.24) is 4.90 Å². The summed E-state index contributed by atoms with van der Waals surface area (Å²) >= 11 is 1.62. The molecule has 116 valence electrons. The number of benzene rings is 1. The van der Waals surface area contributed by atoms with Crippen LogP contribution in [0.25, 0.3) is 0 Å². The van der Waals surface area contributed by atoms with Crippen LogP contribution in [0.15, 0.2) is 24.3 Å². The van der Waals surface area contributed by atoms with Crippen molar-refractivity contribution >= 4 is 27.4 Å². The number of ketones is 1. The summed E-state index contributed by atoms with van der Waals surface area (Å²) in [5.41, 5.74) is 0.457. The van der Waals surface area contributed by atoms with Gasteiger partial charge < -0.3 is 0 Å². The van der Waals surface area contributed by atoms with E-state index in [0.29, 0.717) is 24.4 Å². The van der Waals surface area contributed by atoms with Gasteiger partial charge in [-0.05, 0) is 24.3 Å². The second-order valence-corrected chi connectivity index (χ2v) is 8.43. The molecule has 1 atom stereocenters. The second-order valence-electron chi connectivity index (χ2n) is 5.08. The lowest BCUT2D eigenvalue weighted by Gasteiger charge is -2.33. The van der Waals surface area contributed by atoms with Crippen LogP contribution in [0.5, 0.6) is 0 Å². The predicted molar refractivity (Wildman–Crippen MR) is 82.9 cm³/mol. The number of carbonyl (C=O) groups excluding carboxylic acids is 1. The van der Waals surface area contributed by atoms with Gasteiger partial charge in [0.05, 0.1) is 0 Å². The van der Waals surface area contributed by atoms with Crippen LogP contribution in [0.1, 0.15) is 16.8 Å². The van der Waals surface area contributed by atoms with Crippen molar-refractivity contribution in [1.29, 1.82) is 0 Å². The molecule has 0 saturated carbocycles. The van der Waals surface area contributed by atoms with Gasteiger partial charge in [-0.1, -0.05) is 0 Å². The number of hydrogen-bond donors (Lipinski definition) is 0. The number of Topliss-reactive ketones (excluding diaryl/α,β-unsaturated/α-hetero) is 1. The zero-order chi connectivity index (χ0) is 15.5.